The van der Waals surface area contributed by atoms with Crippen LogP contribution < -0.4 is 23.7 Å². The summed E-state index contributed by atoms with van der Waals surface area (Å²) in [7, 11) is -0.0739. The average Bonchev–Trinajstić information content (AvgIpc) is 1.74. The van der Waals surface area contributed by atoms with Crippen molar-refractivity contribution in [2.45, 2.75) is 85.5 Å². The van der Waals surface area contributed by atoms with Crippen molar-refractivity contribution in [3.8, 4) is 63.1 Å². The van der Waals surface area contributed by atoms with Gasteiger partial charge in [-0.05, 0) is 187 Å². The van der Waals surface area contributed by atoms with E-state index in [9.17, 15) is 38.1 Å². The number of pyridine rings is 3. The molecule has 0 bridgehead atoms. The summed E-state index contributed by atoms with van der Waals surface area (Å²) in [5.41, 5.74) is 13.4. The number of carboxylic acid groups (broad SMARTS) is 3. The quantitative estimate of drug-likeness (QED) is 0.0720. The molecule has 0 aliphatic heterocycles. The molecule has 15 aromatic rings. The number of hydrogen-bond acceptors (Lipinski definition) is 16. The van der Waals surface area contributed by atoms with Gasteiger partial charge in [0.1, 0.15) is 80.9 Å². The summed E-state index contributed by atoms with van der Waals surface area (Å²) < 4.78 is 71.1. The maximum atomic E-state index is 12.4. The molecule has 540 valence electrons. The van der Waals surface area contributed by atoms with Gasteiger partial charge in [0.25, 0.3) is 0 Å². The smallest absolute Gasteiger partial charge is 0.336 e. The number of carbonyl (C=O) groups is 3. The molecule has 0 fully saturated rings. The molecule has 107 heavy (non-hydrogen) atoms. The number of fused-ring (bicyclic) bond motifs is 6. The van der Waals surface area contributed by atoms with Crippen LogP contribution in [-0.2, 0) is 9.84 Å². The van der Waals surface area contributed by atoms with E-state index in [4.69, 9.17) is 51.9 Å². The highest BCUT2D eigenvalue weighted by atomic mass is 32.2. The van der Waals surface area contributed by atoms with E-state index in [-0.39, 0.29) is 33.8 Å². The standard InChI is InChI=1S/C29H25NO6S.2C29H25NO5/c1-16-9-14-25(35-18(3)19-10-12-20(13-11-19)37(4,33)34)26-22(29(31)32)15-23(30-27(16)26)28-17(2)21-7-5-6-8-24(21)36-28;2*1-16-9-14-25(34-18(3)19-10-12-20(33-4)13-11-19)26-22(29(31)32)15-23(30-27(16)26)28-17(2)21-7-5-6-8-24(21)35-28/h5-15,18H,1-4H3,(H,31,32);2*5-15,18H,1-4H3,(H,31,32)/t3*18-/m010/s1. The summed E-state index contributed by atoms with van der Waals surface area (Å²) in [5, 5.41) is 34.7. The largest absolute Gasteiger partial charge is 0.497 e. The average molecular weight is 1450 g/mol. The topological polar surface area (TPSA) is 270 Å². The zero-order valence-corrected chi connectivity index (χ0v) is 61.5. The van der Waals surface area contributed by atoms with Gasteiger partial charge in [-0.15, -0.1) is 0 Å². The first-order valence-electron chi connectivity index (χ1n) is 34.3. The third-order valence-electron chi connectivity index (χ3n) is 19.2. The van der Waals surface area contributed by atoms with E-state index < -0.39 is 33.8 Å². The molecule has 0 saturated carbocycles. The molecule has 15 rings (SSSR count). The van der Waals surface area contributed by atoms with Gasteiger partial charge in [-0.2, -0.15) is 0 Å². The molecule has 0 aliphatic carbocycles. The Morgan fingerprint density at radius 1 is 0.383 bits per heavy atom. The summed E-state index contributed by atoms with van der Waals surface area (Å²) in [5.74, 6) is 1.25. The molecule has 0 unspecified atom stereocenters. The molecule has 3 atom stereocenters. The minimum absolute atomic E-state index is 0.0539. The van der Waals surface area contributed by atoms with Gasteiger partial charge >= 0.3 is 17.9 Å². The fourth-order valence-electron chi connectivity index (χ4n) is 13.2. The fraction of sp³-hybridized carbons (Fsp3) is 0.172. The van der Waals surface area contributed by atoms with Crippen LogP contribution in [-0.4, -0.2) is 77.1 Å². The molecule has 0 saturated heterocycles. The Labute approximate surface area is 616 Å². The highest BCUT2D eigenvalue weighted by Crippen LogP contribution is 2.43. The van der Waals surface area contributed by atoms with E-state index in [1.165, 1.54) is 18.2 Å². The Morgan fingerprint density at radius 2 is 0.654 bits per heavy atom. The zero-order valence-electron chi connectivity index (χ0n) is 60.7. The number of aryl methyl sites for hydroxylation is 6. The van der Waals surface area contributed by atoms with Crippen LogP contribution >= 0.6 is 0 Å². The van der Waals surface area contributed by atoms with Crippen LogP contribution in [0.15, 0.2) is 218 Å². The van der Waals surface area contributed by atoms with E-state index >= 15 is 0 Å². The first-order chi connectivity index (χ1) is 51.3. The third-order valence-corrected chi connectivity index (χ3v) is 20.3. The number of furan rings is 3. The van der Waals surface area contributed by atoms with Crippen molar-refractivity contribution in [3.63, 3.8) is 0 Å². The van der Waals surface area contributed by atoms with Gasteiger partial charge in [0.2, 0.25) is 0 Å². The predicted molar refractivity (Wildman–Crippen MR) is 413 cm³/mol. The lowest BCUT2D eigenvalue weighted by atomic mass is 10.0. The van der Waals surface area contributed by atoms with Crippen LogP contribution in [0.5, 0.6) is 28.7 Å². The Hall–Kier alpha value is -12.8. The number of aromatic carboxylic acids is 3. The molecule has 0 amide bonds. The normalized spacial score (nSPS) is 12.3. The Kier molecular flexibility index (Phi) is 20.2. The number of sulfone groups is 1. The molecule has 0 aliphatic rings. The van der Waals surface area contributed by atoms with E-state index in [2.05, 4.69) is 0 Å². The molecular formula is C87H75N3O16S. The zero-order chi connectivity index (χ0) is 75.9. The van der Waals surface area contributed by atoms with Crippen molar-refractivity contribution in [1.29, 1.82) is 0 Å². The molecule has 6 aromatic heterocycles. The lowest BCUT2D eigenvalue weighted by Gasteiger charge is -2.19. The lowest BCUT2D eigenvalue weighted by Crippen LogP contribution is -2.07. The Balaban J connectivity index is 0.000000142. The van der Waals surface area contributed by atoms with Gasteiger partial charge < -0.3 is 52.3 Å². The molecule has 9 aromatic carbocycles. The SMILES string of the molecule is COc1ccc([C@@H](C)Oc2ccc(C)c3nc(-c4oc5ccccc5c4C)cc(C(=O)O)c23)cc1.COc1ccc([C@H](C)Oc2ccc(C)c3nc(-c4oc5ccccc5c4C)cc(C(=O)O)c23)cc1.Cc1c(-c2cc(C(=O)O)c3c(O[C@@H](C)c4ccc(S(C)(=O)=O)cc4)ccc(C)c3n2)oc2ccccc12. The summed E-state index contributed by atoms with van der Waals surface area (Å²) in [4.78, 5) is 52.0. The number of aromatic nitrogens is 3. The number of carboxylic acids is 3. The van der Waals surface area contributed by atoms with Gasteiger partial charge in [0.05, 0.1) is 68.5 Å². The van der Waals surface area contributed by atoms with Gasteiger partial charge in [-0.3, -0.25) is 0 Å². The Morgan fingerprint density at radius 3 is 0.907 bits per heavy atom. The van der Waals surface area contributed by atoms with E-state index in [1.807, 2.05) is 202 Å². The van der Waals surface area contributed by atoms with Crippen LogP contribution in [0.3, 0.4) is 0 Å². The van der Waals surface area contributed by atoms with Crippen LogP contribution in [0, 0.1) is 41.5 Å². The van der Waals surface area contributed by atoms with Crippen molar-refractivity contribution >= 4 is 93.4 Å². The molecule has 19 nitrogen and oxygen atoms in total. The minimum atomic E-state index is -3.31. The van der Waals surface area contributed by atoms with Crippen molar-refractivity contribution in [2.75, 3.05) is 20.5 Å². The second kappa shape index (κ2) is 29.7. The maximum Gasteiger partial charge on any atom is 0.336 e. The monoisotopic (exact) mass is 1450 g/mol. The highest BCUT2D eigenvalue weighted by Gasteiger charge is 2.28. The van der Waals surface area contributed by atoms with Crippen LogP contribution in [0.2, 0.25) is 0 Å². The first-order valence-corrected chi connectivity index (χ1v) is 36.2. The Bertz CT molecular complexity index is 5860. The van der Waals surface area contributed by atoms with Crippen LogP contribution in [0.4, 0.5) is 0 Å². The summed E-state index contributed by atoms with van der Waals surface area (Å²) in [6.45, 7) is 17.2. The molecular weight excluding hydrogens is 1380 g/mol. The number of para-hydroxylation sites is 3. The van der Waals surface area contributed by atoms with E-state index in [0.29, 0.717) is 89.9 Å². The molecule has 0 radical (unpaired) electrons. The third kappa shape index (κ3) is 14.5. The van der Waals surface area contributed by atoms with Crippen molar-refractivity contribution in [2.24, 2.45) is 0 Å². The molecule has 6 heterocycles. The van der Waals surface area contributed by atoms with Crippen LogP contribution in [0.1, 0.15) is 120 Å². The van der Waals surface area contributed by atoms with Crippen LogP contribution in [0.25, 0.3) is 100.0 Å². The van der Waals surface area contributed by atoms with Gasteiger partial charge in [-0.1, -0.05) is 109 Å². The van der Waals surface area contributed by atoms with Gasteiger partial charge in [-0.25, -0.2) is 37.8 Å². The number of rotatable bonds is 18. The molecule has 20 heteroatoms. The lowest BCUT2D eigenvalue weighted by molar-refractivity contribution is 0.0687. The number of ether oxygens (including phenoxy) is 5. The second-order valence-corrected chi connectivity index (χ2v) is 28.2. The second-order valence-electron chi connectivity index (χ2n) is 26.2. The van der Waals surface area contributed by atoms with E-state index in [0.717, 1.165) is 95.2 Å². The number of hydrogen-bond donors (Lipinski definition) is 3. The van der Waals surface area contributed by atoms with Gasteiger partial charge in [0.15, 0.2) is 27.1 Å². The number of nitrogens with zero attached hydrogens (tertiary/aromatic N) is 3. The van der Waals surface area contributed by atoms with Crippen molar-refractivity contribution in [3.05, 3.63) is 267 Å². The van der Waals surface area contributed by atoms with E-state index in [1.54, 1.807) is 56.7 Å². The maximum absolute atomic E-state index is 12.4. The number of methoxy groups -OCH3 is 2. The molecule has 0 spiro atoms. The summed E-state index contributed by atoms with van der Waals surface area (Å²) in [6, 6.07) is 60.4. The number of benzene rings is 9. The van der Waals surface area contributed by atoms with Gasteiger partial charge in [0, 0.05) is 39.1 Å². The minimum Gasteiger partial charge on any atom is -0.497 e. The van der Waals surface area contributed by atoms with Crippen molar-refractivity contribution in [1.82, 2.24) is 15.0 Å². The highest BCUT2D eigenvalue weighted by molar-refractivity contribution is 7.90. The van der Waals surface area contributed by atoms with Crippen molar-refractivity contribution < 1.29 is 75.1 Å². The summed E-state index contributed by atoms with van der Waals surface area (Å²) >= 11 is 0. The first kappa shape index (κ1) is 72.5. The fourth-order valence-corrected chi connectivity index (χ4v) is 13.9. The molecule has 3 N–H and O–H groups in total. The predicted octanol–water partition coefficient (Wildman–Crippen LogP) is 20.7. The summed E-state index contributed by atoms with van der Waals surface area (Å²) in [6.07, 6.45) is 0.0528.